The first-order chi connectivity index (χ1) is 11.1. The molecule has 1 rings (SSSR count). The molecule has 1 atom stereocenters. The molecule has 0 radical (unpaired) electrons. The third kappa shape index (κ3) is 6.08. The summed E-state index contributed by atoms with van der Waals surface area (Å²) in [7, 11) is 0.580. The SMILES string of the molecule is C=CN(Cc1ccccc1)C(CN)C[Si](OC)(OC)OCCC. The molecule has 1 aromatic rings. The topological polar surface area (TPSA) is 57.0 Å². The summed E-state index contributed by atoms with van der Waals surface area (Å²) < 4.78 is 17.2. The van der Waals surface area contributed by atoms with Gasteiger partial charge in [0, 0.05) is 46.0 Å². The van der Waals surface area contributed by atoms with Gasteiger partial charge in [0.05, 0.1) is 0 Å². The van der Waals surface area contributed by atoms with Crippen LogP contribution in [0.2, 0.25) is 6.04 Å². The summed E-state index contributed by atoms with van der Waals surface area (Å²) in [6.07, 6.45) is 2.75. The highest BCUT2D eigenvalue weighted by Crippen LogP contribution is 2.21. The van der Waals surface area contributed by atoms with Gasteiger partial charge in [-0.3, -0.25) is 0 Å². The molecular formula is C17H30N2O3Si. The average molecular weight is 339 g/mol. The molecule has 23 heavy (non-hydrogen) atoms. The largest absolute Gasteiger partial charge is 0.502 e. The third-order valence-corrected chi connectivity index (χ3v) is 6.68. The van der Waals surface area contributed by atoms with Gasteiger partial charge in [0.2, 0.25) is 0 Å². The number of nitrogens with two attached hydrogens (primary N) is 1. The van der Waals surface area contributed by atoms with E-state index in [1.54, 1.807) is 14.2 Å². The second-order valence-electron chi connectivity index (χ2n) is 5.37. The monoisotopic (exact) mass is 338 g/mol. The second-order valence-corrected chi connectivity index (χ2v) is 8.25. The van der Waals surface area contributed by atoms with E-state index in [0.29, 0.717) is 19.2 Å². The zero-order chi connectivity index (χ0) is 17.1. The van der Waals surface area contributed by atoms with E-state index in [-0.39, 0.29) is 6.04 Å². The Bertz CT molecular complexity index is 441. The van der Waals surface area contributed by atoms with Crippen molar-refractivity contribution in [2.24, 2.45) is 5.73 Å². The molecular weight excluding hydrogens is 308 g/mol. The van der Waals surface area contributed by atoms with Crippen LogP contribution in [0, 0.1) is 0 Å². The quantitative estimate of drug-likeness (QED) is 0.594. The summed E-state index contributed by atoms with van der Waals surface area (Å²) in [5, 5.41) is 0. The van der Waals surface area contributed by atoms with Crippen LogP contribution in [0.15, 0.2) is 43.1 Å². The number of rotatable bonds is 12. The van der Waals surface area contributed by atoms with Gasteiger partial charge in [-0.05, 0) is 18.2 Å². The summed E-state index contributed by atoms with van der Waals surface area (Å²) in [6.45, 7) is 7.85. The lowest BCUT2D eigenvalue weighted by atomic mass is 10.2. The predicted molar refractivity (Wildman–Crippen MR) is 95.8 cm³/mol. The molecule has 0 heterocycles. The first kappa shape index (κ1) is 19.9. The molecule has 5 nitrogen and oxygen atoms in total. The van der Waals surface area contributed by atoms with Crippen LogP contribution in [0.3, 0.4) is 0 Å². The molecule has 0 saturated carbocycles. The Kier molecular flexibility index (Phi) is 9.12. The van der Waals surface area contributed by atoms with Crippen molar-refractivity contribution >= 4 is 8.80 Å². The lowest BCUT2D eigenvalue weighted by molar-refractivity contribution is 0.0896. The smallest absolute Gasteiger partial charge is 0.377 e. The summed E-state index contributed by atoms with van der Waals surface area (Å²) in [5.74, 6) is 0. The maximum absolute atomic E-state index is 6.01. The average Bonchev–Trinajstić information content (AvgIpc) is 2.62. The van der Waals surface area contributed by atoms with Crippen LogP contribution in [0.1, 0.15) is 18.9 Å². The number of nitrogens with zero attached hydrogens (tertiary/aromatic N) is 1. The summed E-state index contributed by atoms with van der Waals surface area (Å²) in [4.78, 5) is 2.13. The molecule has 0 aliphatic rings. The van der Waals surface area contributed by atoms with Gasteiger partial charge in [-0.15, -0.1) is 0 Å². The van der Waals surface area contributed by atoms with Crippen LogP contribution in [0.5, 0.6) is 0 Å². The number of hydrogen-bond donors (Lipinski definition) is 1. The molecule has 0 spiro atoms. The minimum atomic E-state index is -2.71. The van der Waals surface area contributed by atoms with Crippen LogP contribution in [0.25, 0.3) is 0 Å². The Morgan fingerprint density at radius 3 is 2.39 bits per heavy atom. The van der Waals surface area contributed by atoms with Gasteiger partial charge in [0.15, 0.2) is 0 Å². The molecule has 0 fully saturated rings. The summed E-state index contributed by atoms with van der Waals surface area (Å²) in [6, 6.07) is 10.9. The first-order valence-electron chi connectivity index (χ1n) is 8.01. The van der Waals surface area contributed by atoms with Crippen LogP contribution < -0.4 is 5.73 Å². The van der Waals surface area contributed by atoms with Crippen LogP contribution >= 0.6 is 0 Å². The maximum atomic E-state index is 6.01. The molecule has 2 N–H and O–H groups in total. The minimum Gasteiger partial charge on any atom is -0.377 e. The van der Waals surface area contributed by atoms with Crippen molar-refractivity contribution in [1.29, 1.82) is 0 Å². The third-order valence-electron chi connectivity index (χ3n) is 3.82. The van der Waals surface area contributed by atoms with Crippen molar-refractivity contribution in [2.45, 2.75) is 32.0 Å². The van der Waals surface area contributed by atoms with Gasteiger partial charge in [-0.1, -0.05) is 43.8 Å². The van der Waals surface area contributed by atoms with Crippen LogP contribution in [-0.2, 0) is 19.8 Å². The van der Waals surface area contributed by atoms with E-state index in [4.69, 9.17) is 19.0 Å². The van der Waals surface area contributed by atoms with Crippen molar-refractivity contribution in [2.75, 3.05) is 27.4 Å². The second kappa shape index (κ2) is 10.6. The fourth-order valence-corrected chi connectivity index (χ4v) is 4.79. The fourth-order valence-electron chi connectivity index (χ4n) is 2.45. The predicted octanol–water partition coefficient (Wildman–Crippen LogP) is 2.62. The molecule has 130 valence electrons. The molecule has 1 aromatic carbocycles. The van der Waals surface area contributed by atoms with E-state index >= 15 is 0 Å². The van der Waals surface area contributed by atoms with Crippen molar-refractivity contribution in [3.8, 4) is 0 Å². The molecule has 1 unspecified atom stereocenters. The van der Waals surface area contributed by atoms with Crippen molar-refractivity contribution in [1.82, 2.24) is 4.90 Å². The normalized spacial score (nSPS) is 12.9. The molecule has 0 aliphatic carbocycles. The molecule has 0 saturated heterocycles. The van der Waals surface area contributed by atoms with Gasteiger partial charge in [0.1, 0.15) is 0 Å². The van der Waals surface area contributed by atoms with Gasteiger partial charge in [0.25, 0.3) is 0 Å². The Labute approximate surface area is 141 Å². The standard InChI is InChI=1S/C17H30N2O3Si/c1-5-12-22-23(20-3,21-4)15-17(13-18)19(6-2)14-16-10-8-7-9-11-16/h6-11,17H,2,5,12-15,18H2,1,3-4H3. The Balaban J connectivity index is 2.83. The fraction of sp³-hybridized carbons (Fsp3) is 0.529. The lowest BCUT2D eigenvalue weighted by Crippen LogP contribution is -2.51. The van der Waals surface area contributed by atoms with E-state index in [2.05, 4.69) is 30.5 Å². The number of benzene rings is 1. The van der Waals surface area contributed by atoms with Crippen molar-refractivity contribution in [3.63, 3.8) is 0 Å². The van der Waals surface area contributed by atoms with Crippen LogP contribution in [0.4, 0.5) is 0 Å². The maximum Gasteiger partial charge on any atom is 0.502 e. The Morgan fingerprint density at radius 1 is 1.26 bits per heavy atom. The Hall–Kier alpha value is -1.18. The van der Waals surface area contributed by atoms with Gasteiger partial charge >= 0.3 is 8.80 Å². The van der Waals surface area contributed by atoms with Gasteiger partial charge in [-0.2, -0.15) is 0 Å². The highest BCUT2D eigenvalue weighted by molar-refractivity contribution is 6.60. The first-order valence-corrected chi connectivity index (χ1v) is 9.94. The summed E-state index contributed by atoms with van der Waals surface area (Å²) in [5.41, 5.74) is 7.22. The summed E-state index contributed by atoms with van der Waals surface area (Å²) >= 11 is 0. The van der Waals surface area contributed by atoms with Gasteiger partial charge < -0.3 is 23.9 Å². The van der Waals surface area contributed by atoms with Gasteiger partial charge in [-0.25, -0.2) is 0 Å². The van der Waals surface area contributed by atoms with Crippen molar-refractivity contribution < 1.29 is 13.3 Å². The zero-order valence-electron chi connectivity index (χ0n) is 14.5. The number of hydrogen-bond acceptors (Lipinski definition) is 5. The zero-order valence-corrected chi connectivity index (χ0v) is 15.5. The molecule has 0 bridgehead atoms. The highest BCUT2D eigenvalue weighted by Gasteiger charge is 2.42. The molecule has 6 heteroatoms. The van der Waals surface area contributed by atoms with Crippen LogP contribution in [-0.4, -0.2) is 47.1 Å². The van der Waals surface area contributed by atoms with E-state index in [0.717, 1.165) is 13.0 Å². The lowest BCUT2D eigenvalue weighted by Gasteiger charge is -2.35. The Morgan fingerprint density at radius 2 is 1.91 bits per heavy atom. The minimum absolute atomic E-state index is 0.0520. The molecule has 0 aliphatic heterocycles. The van der Waals surface area contributed by atoms with E-state index < -0.39 is 8.80 Å². The van der Waals surface area contributed by atoms with E-state index in [9.17, 15) is 0 Å². The van der Waals surface area contributed by atoms with E-state index in [1.165, 1.54) is 5.56 Å². The molecule has 0 aromatic heterocycles. The van der Waals surface area contributed by atoms with Crippen molar-refractivity contribution in [3.05, 3.63) is 48.7 Å². The van der Waals surface area contributed by atoms with E-state index in [1.807, 2.05) is 24.4 Å². The molecule has 0 amide bonds. The highest BCUT2D eigenvalue weighted by atomic mass is 28.4.